The molecule has 1 saturated heterocycles. The number of fused-ring (bicyclic) bond motifs is 2. The number of hydrogen-bond acceptors (Lipinski definition) is 6. The second kappa shape index (κ2) is 10.5. The van der Waals surface area contributed by atoms with E-state index >= 15 is 0 Å². The first kappa shape index (κ1) is 26.2. The number of aryl methyl sites for hydroxylation is 1. The van der Waals surface area contributed by atoms with E-state index in [1.165, 1.54) is 4.88 Å². The number of nitrogens with one attached hydrogen (secondary N) is 1. The van der Waals surface area contributed by atoms with Gasteiger partial charge in [-0.2, -0.15) is 0 Å². The number of primary amides is 1. The normalized spacial score (nSPS) is 18.7. The van der Waals surface area contributed by atoms with E-state index in [0.29, 0.717) is 46.0 Å². The smallest absolute Gasteiger partial charge is 0.274 e. The van der Waals surface area contributed by atoms with Gasteiger partial charge in [0.15, 0.2) is 5.13 Å². The van der Waals surface area contributed by atoms with Crippen LogP contribution in [-0.4, -0.2) is 43.5 Å². The van der Waals surface area contributed by atoms with Crippen molar-refractivity contribution in [3.8, 4) is 0 Å². The molecule has 0 spiro atoms. The lowest BCUT2D eigenvalue weighted by molar-refractivity contribution is 0.0730. The lowest BCUT2D eigenvalue weighted by Gasteiger charge is -2.24. The molecule has 1 aromatic carbocycles. The summed E-state index contributed by atoms with van der Waals surface area (Å²) in [6.07, 6.45) is 7.99. The third-order valence-corrected chi connectivity index (χ3v) is 9.18. The van der Waals surface area contributed by atoms with Crippen LogP contribution in [0.2, 0.25) is 0 Å². The minimum Gasteiger partial charge on any atom is -0.366 e. The van der Waals surface area contributed by atoms with Gasteiger partial charge >= 0.3 is 0 Å². The molecule has 206 valence electrons. The van der Waals surface area contributed by atoms with Gasteiger partial charge in [-0.25, -0.2) is 9.97 Å². The van der Waals surface area contributed by atoms with Gasteiger partial charge in [-0.3, -0.25) is 19.7 Å². The van der Waals surface area contributed by atoms with E-state index in [1.54, 1.807) is 46.3 Å². The first-order chi connectivity index (χ1) is 19.3. The van der Waals surface area contributed by atoms with Crippen molar-refractivity contribution < 1.29 is 14.4 Å². The molecule has 3 N–H and O–H groups in total. The van der Waals surface area contributed by atoms with Crippen molar-refractivity contribution in [1.82, 2.24) is 19.3 Å². The fourth-order valence-corrected chi connectivity index (χ4v) is 6.92. The lowest BCUT2D eigenvalue weighted by Crippen LogP contribution is -2.31. The number of hydrogen-bond donors (Lipinski definition) is 2. The Hall–Kier alpha value is -4.05. The van der Waals surface area contributed by atoms with Crippen molar-refractivity contribution in [3.05, 3.63) is 81.7 Å². The topological polar surface area (TPSA) is 123 Å². The first-order valence-electron chi connectivity index (χ1n) is 13.8. The minimum absolute atomic E-state index is 0.161. The first-order valence-corrected chi connectivity index (χ1v) is 14.6. The molecule has 4 aromatic rings. The van der Waals surface area contributed by atoms with Crippen molar-refractivity contribution in [3.63, 3.8) is 0 Å². The Morgan fingerprint density at radius 3 is 2.73 bits per heavy atom. The van der Waals surface area contributed by atoms with Gasteiger partial charge in [-0.05, 0) is 73.8 Å². The Kier molecular flexibility index (Phi) is 6.87. The van der Waals surface area contributed by atoms with Gasteiger partial charge in [0.05, 0.1) is 17.3 Å². The quantitative estimate of drug-likeness (QED) is 0.350. The van der Waals surface area contributed by atoms with Crippen LogP contribution in [-0.2, 0) is 12.8 Å². The molecule has 3 aromatic heterocycles. The number of benzene rings is 1. The number of carbonyl (C=O) groups is 3. The van der Waals surface area contributed by atoms with Crippen LogP contribution < -0.4 is 11.1 Å². The number of carbonyl (C=O) groups excluding carboxylic acids is 3. The van der Waals surface area contributed by atoms with Gasteiger partial charge in [0.1, 0.15) is 11.3 Å². The fourth-order valence-electron chi connectivity index (χ4n) is 5.82. The summed E-state index contributed by atoms with van der Waals surface area (Å²) in [4.78, 5) is 50.5. The highest BCUT2D eigenvalue weighted by molar-refractivity contribution is 7.15. The largest absolute Gasteiger partial charge is 0.366 e. The number of aromatic nitrogens is 3. The van der Waals surface area contributed by atoms with Gasteiger partial charge in [0.2, 0.25) is 5.91 Å². The van der Waals surface area contributed by atoms with Crippen molar-refractivity contribution in [2.24, 2.45) is 17.6 Å². The number of imidazole rings is 1. The third-order valence-electron chi connectivity index (χ3n) is 8.14. The number of nitrogens with two attached hydrogens (primary N) is 1. The summed E-state index contributed by atoms with van der Waals surface area (Å²) in [5.41, 5.74) is 9.16. The summed E-state index contributed by atoms with van der Waals surface area (Å²) in [5, 5.41) is 3.65. The molecule has 6 rings (SSSR count). The van der Waals surface area contributed by atoms with E-state index in [4.69, 9.17) is 10.7 Å². The summed E-state index contributed by atoms with van der Waals surface area (Å²) in [6, 6.07) is 10.6. The van der Waals surface area contributed by atoms with E-state index in [0.717, 1.165) is 43.4 Å². The van der Waals surface area contributed by atoms with Crippen LogP contribution in [0.4, 0.5) is 5.13 Å². The van der Waals surface area contributed by atoms with Gasteiger partial charge in [-0.15, -0.1) is 11.3 Å². The molecule has 2 atom stereocenters. The van der Waals surface area contributed by atoms with E-state index in [2.05, 4.69) is 24.1 Å². The molecule has 1 aliphatic heterocycles. The zero-order chi connectivity index (χ0) is 28.0. The van der Waals surface area contributed by atoms with E-state index in [1.807, 2.05) is 23.1 Å². The summed E-state index contributed by atoms with van der Waals surface area (Å²) in [6.45, 7) is 5.13. The number of anilines is 1. The fraction of sp³-hybridized carbons (Fsp3) is 0.367. The Bertz CT molecular complexity index is 1620. The van der Waals surface area contributed by atoms with Crippen molar-refractivity contribution in [1.29, 1.82) is 0 Å². The molecular weight excluding hydrogens is 524 g/mol. The highest BCUT2D eigenvalue weighted by atomic mass is 32.1. The monoisotopic (exact) mass is 556 g/mol. The maximum absolute atomic E-state index is 13.5. The molecular formula is C30H32N6O3S. The maximum Gasteiger partial charge on any atom is 0.274 e. The van der Waals surface area contributed by atoms with Gasteiger partial charge in [-0.1, -0.05) is 26.0 Å². The molecule has 3 amide bonds. The summed E-state index contributed by atoms with van der Waals surface area (Å²) in [7, 11) is 0. The third kappa shape index (κ3) is 4.99. The zero-order valence-corrected chi connectivity index (χ0v) is 23.4. The second-order valence-electron chi connectivity index (χ2n) is 11.0. The standard InChI is InChI=1S/C30H32N6O3S/c1-17(2)18-8-10-22-25(14-18)40-30(33-22)34-28(38)20-6-3-5-19(13-20)24-7-4-12-36(24)29(39)23-16-35-15-21(27(31)37)9-11-26(35)32-23/h3,5-6,9,11,13,15-18,24H,4,7-8,10,12,14H2,1-2H3,(H2,31,37)(H,33,34,38)/t18-,24+/m0/s1. The summed E-state index contributed by atoms with van der Waals surface area (Å²) >= 11 is 1.58. The molecule has 0 radical (unpaired) electrons. The van der Waals surface area contributed by atoms with Gasteiger partial charge < -0.3 is 15.0 Å². The molecule has 10 heteroatoms. The molecule has 0 unspecified atom stereocenters. The summed E-state index contributed by atoms with van der Waals surface area (Å²) < 4.78 is 1.64. The Morgan fingerprint density at radius 1 is 1.07 bits per heavy atom. The molecule has 9 nitrogen and oxygen atoms in total. The van der Waals surface area contributed by atoms with Crippen LogP contribution in [0.1, 0.15) is 86.5 Å². The Labute approximate surface area is 236 Å². The average Bonchev–Trinajstić information content (AvgIpc) is 3.69. The second-order valence-corrected chi connectivity index (χ2v) is 12.1. The van der Waals surface area contributed by atoms with Crippen molar-refractivity contribution in [2.45, 2.75) is 52.0 Å². The Balaban J connectivity index is 1.18. The van der Waals surface area contributed by atoms with Crippen LogP contribution in [0.5, 0.6) is 0 Å². The van der Waals surface area contributed by atoms with Crippen LogP contribution >= 0.6 is 11.3 Å². The number of pyridine rings is 1. The highest BCUT2D eigenvalue weighted by Crippen LogP contribution is 2.36. The highest BCUT2D eigenvalue weighted by Gasteiger charge is 2.32. The van der Waals surface area contributed by atoms with E-state index in [-0.39, 0.29) is 17.9 Å². The van der Waals surface area contributed by atoms with Crippen LogP contribution in [0.15, 0.2) is 48.8 Å². The van der Waals surface area contributed by atoms with Gasteiger partial charge in [0.25, 0.3) is 11.8 Å². The molecule has 40 heavy (non-hydrogen) atoms. The Morgan fingerprint density at radius 2 is 1.93 bits per heavy atom. The number of nitrogens with zero attached hydrogens (tertiary/aromatic N) is 4. The SMILES string of the molecule is CC(C)[C@H]1CCc2nc(NC(=O)c3cccc([C@H]4CCCN4C(=O)c4cn5cc(C(N)=O)ccc5n4)c3)sc2C1. The molecule has 1 fully saturated rings. The number of thiazole rings is 1. The van der Waals surface area contributed by atoms with Crippen LogP contribution in [0.3, 0.4) is 0 Å². The zero-order valence-electron chi connectivity index (χ0n) is 22.6. The average molecular weight is 557 g/mol. The van der Waals surface area contributed by atoms with Gasteiger partial charge in [0, 0.05) is 29.4 Å². The summed E-state index contributed by atoms with van der Waals surface area (Å²) in [5.74, 6) is 0.379. The molecule has 4 heterocycles. The molecule has 0 saturated carbocycles. The van der Waals surface area contributed by atoms with Crippen LogP contribution in [0.25, 0.3) is 5.65 Å². The number of rotatable bonds is 6. The lowest BCUT2D eigenvalue weighted by atomic mass is 9.83. The van der Waals surface area contributed by atoms with Crippen molar-refractivity contribution in [2.75, 3.05) is 11.9 Å². The van der Waals surface area contributed by atoms with E-state index < -0.39 is 5.91 Å². The number of amides is 3. The predicted molar refractivity (Wildman–Crippen MR) is 154 cm³/mol. The van der Waals surface area contributed by atoms with E-state index in [9.17, 15) is 14.4 Å². The number of likely N-dealkylation sites (tertiary alicyclic amines) is 1. The molecule has 2 aliphatic rings. The predicted octanol–water partition coefficient (Wildman–Crippen LogP) is 4.88. The maximum atomic E-state index is 13.5. The minimum atomic E-state index is -0.541. The molecule has 0 bridgehead atoms. The molecule has 1 aliphatic carbocycles. The van der Waals surface area contributed by atoms with Crippen LogP contribution in [0, 0.1) is 11.8 Å². The van der Waals surface area contributed by atoms with Crippen molar-refractivity contribution >= 4 is 39.8 Å².